The van der Waals surface area contributed by atoms with Crippen molar-refractivity contribution in [3.8, 4) is 0 Å². The summed E-state index contributed by atoms with van der Waals surface area (Å²) in [6.45, 7) is 14.1. The largest absolute Gasteiger partial charge is 0.290 e. The van der Waals surface area contributed by atoms with Crippen LogP contribution in [0, 0.1) is 0 Å². The first kappa shape index (κ1) is 17.8. The molecule has 0 bridgehead atoms. The summed E-state index contributed by atoms with van der Waals surface area (Å²) in [6.07, 6.45) is 0.386. The molecule has 6 nitrogen and oxygen atoms in total. The highest BCUT2D eigenvalue weighted by Gasteiger charge is 2.05. The van der Waals surface area contributed by atoms with Crippen LogP contribution in [0.3, 0.4) is 0 Å². The topological polar surface area (TPSA) is 72.2 Å². The summed E-state index contributed by atoms with van der Waals surface area (Å²) >= 11 is 0. The normalized spacial score (nSPS) is 11.7. The third kappa shape index (κ3) is 9.76. The molecule has 0 saturated heterocycles. The van der Waals surface area contributed by atoms with Crippen molar-refractivity contribution in [1.82, 2.24) is 31.9 Å². The zero-order chi connectivity index (χ0) is 13.6. The monoisotopic (exact) mass is 260 g/mol. The zero-order valence-electron chi connectivity index (χ0n) is 12.4. The van der Waals surface area contributed by atoms with Crippen LogP contribution in [0.25, 0.3) is 0 Å². The lowest BCUT2D eigenvalue weighted by molar-refractivity contribution is 0.338. The van der Waals surface area contributed by atoms with Crippen LogP contribution in [-0.4, -0.2) is 51.8 Å². The van der Waals surface area contributed by atoms with E-state index in [0.29, 0.717) is 0 Å². The van der Waals surface area contributed by atoms with Crippen molar-refractivity contribution < 1.29 is 0 Å². The van der Waals surface area contributed by atoms with E-state index in [-0.39, 0.29) is 12.6 Å². The van der Waals surface area contributed by atoms with Gasteiger partial charge in [-0.1, -0.05) is 27.7 Å². The Morgan fingerprint density at radius 2 is 0.778 bits per heavy atom. The van der Waals surface area contributed by atoms with Crippen molar-refractivity contribution >= 4 is 0 Å². The quantitative estimate of drug-likeness (QED) is 0.192. The molecule has 0 aromatic heterocycles. The first-order chi connectivity index (χ1) is 8.78. The van der Waals surface area contributed by atoms with Gasteiger partial charge in [0.15, 0.2) is 0 Å². The molecule has 0 aliphatic heterocycles. The molecule has 0 aromatic rings. The molecule has 0 aliphatic rings. The third-order valence-electron chi connectivity index (χ3n) is 2.45. The van der Waals surface area contributed by atoms with Crippen LogP contribution in [0.5, 0.6) is 0 Å². The number of hydrogen-bond donors (Lipinski definition) is 6. The van der Waals surface area contributed by atoms with E-state index in [2.05, 4.69) is 59.6 Å². The molecule has 0 unspecified atom stereocenters. The van der Waals surface area contributed by atoms with Crippen LogP contribution < -0.4 is 31.9 Å². The number of rotatable bonds is 13. The second-order valence-corrected chi connectivity index (χ2v) is 4.00. The molecule has 0 aromatic carbocycles. The van der Waals surface area contributed by atoms with Gasteiger partial charge in [0, 0.05) is 13.1 Å². The highest BCUT2D eigenvalue weighted by atomic mass is 15.3. The Labute approximate surface area is 112 Å². The molecular weight excluding hydrogens is 228 g/mol. The molecule has 6 heteroatoms. The van der Waals surface area contributed by atoms with E-state index in [1.165, 1.54) is 0 Å². The lowest BCUT2D eigenvalue weighted by atomic mass is 10.5. The van der Waals surface area contributed by atoms with E-state index in [0.717, 1.165) is 39.3 Å². The second-order valence-electron chi connectivity index (χ2n) is 4.00. The fourth-order valence-electron chi connectivity index (χ4n) is 1.68. The predicted molar refractivity (Wildman–Crippen MR) is 78.3 cm³/mol. The Bertz CT molecular complexity index is 137. The summed E-state index contributed by atoms with van der Waals surface area (Å²) in [5.41, 5.74) is 0. The molecule has 110 valence electrons. The first-order valence-corrected chi connectivity index (χ1v) is 7.18. The maximum absolute atomic E-state index is 3.42. The molecule has 0 atom stereocenters. The Kier molecular flexibility index (Phi) is 13.0. The molecule has 0 heterocycles. The minimum absolute atomic E-state index is 0.193. The van der Waals surface area contributed by atoms with Crippen molar-refractivity contribution in [2.24, 2.45) is 0 Å². The van der Waals surface area contributed by atoms with Gasteiger partial charge in [0.25, 0.3) is 0 Å². The maximum atomic E-state index is 3.42. The van der Waals surface area contributed by atoms with Gasteiger partial charge in [0.2, 0.25) is 0 Å². The van der Waals surface area contributed by atoms with E-state index in [1.54, 1.807) is 0 Å². The average molecular weight is 260 g/mol. The highest BCUT2D eigenvalue weighted by Crippen LogP contribution is 1.74. The van der Waals surface area contributed by atoms with Crippen LogP contribution in [0.15, 0.2) is 0 Å². The predicted octanol–water partition coefficient (Wildman–Crippen LogP) is -0.829. The molecule has 0 fully saturated rings. The minimum Gasteiger partial charge on any atom is -0.290 e. The van der Waals surface area contributed by atoms with Crippen molar-refractivity contribution in [1.29, 1.82) is 0 Å². The van der Waals surface area contributed by atoms with Gasteiger partial charge in [0.1, 0.15) is 12.6 Å². The molecule has 0 aliphatic carbocycles. The Balaban J connectivity index is 3.66. The van der Waals surface area contributed by atoms with E-state index < -0.39 is 0 Å². The zero-order valence-corrected chi connectivity index (χ0v) is 12.4. The van der Waals surface area contributed by atoms with Crippen molar-refractivity contribution in [3.05, 3.63) is 0 Å². The molecule has 0 radical (unpaired) electrons. The van der Waals surface area contributed by atoms with Crippen LogP contribution in [0.1, 0.15) is 27.7 Å². The SMILES string of the molecule is CCNC(NCC)NCCNC(NCC)NCC. The molecular formula is C12H32N6. The Hall–Kier alpha value is -0.240. The third-order valence-corrected chi connectivity index (χ3v) is 2.45. The van der Waals surface area contributed by atoms with E-state index in [9.17, 15) is 0 Å². The molecule has 18 heavy (non-hydrogen) atoms. The smallest absolute Gasteiger partial charge is 0.111 e. The highest BCUT2D eigenvalue weighted by molar-refractivity contribution is 4.64. The Morgan fingerprint density at radius 3 is 1.00 bits per heavy atom. The summed E-state index contributed by atoms with van der Waals surface area (Å²) in [4.78, 5) is 0. The summed E-state index contributed by atoms with van der Waals surface area (Å²) in [6, 6.07) is 0. The van der Waals surface area contributed by atoms with Gasteiger partial charge in [-0.05, 0) is 26.2 Å². The van der Waals surface area contributed by atoms with Gasteiger partial charge in [-0.15, -0.1) is 0 Å². The number of hydrogen-bond acceptors (Lipinski definition) is 6. The molecule has 0 spiro atoms. The summed E-state index contributed by atoms with van der Waals surface area (Å²) in [7, 11) is 0. The van der Waals surface area contributed by atoms with Gasteiger partial charge in [0.05, 0.1) is 0 Å². The fourth-order valence-corrected chi connectivity index (χ4v) is 1.68. The van der Waals surface area contributed by atoms with Gasteiger partial charge in [-0.3, -0.25) is 31.9 Å². The van der Waals surface area contributed by atoms with Gasteiger partial charge in [-0.25, -0.2) is 0 Å². The lowest BCUT2D eigenvalue weighted by Gasteiger charge is -2.23. The number of nitrogens with one attached hydrogen (secondary N) is 6. The van der Waals surface area contributed by atoms with E-state index in [1.807, 2.05) is 0 Å². The van der Waals surface area contributed by atoms with Crippen LogP contribution in [-0.2, 0) is 0 Å². The fraction of sp³-hybridized carbons (Fsp3) is 1.00. The molecule has 0 saturated carbocycles. The molecule has 6 N–H and O–H groups in total. The maximum Gasteiger partial charge on any atom is 0.111 e. The van der Waals surface area contributed by atoms with Crippen molar-refractivity contribution in [3.63, 3.8) is 0 Å². The minimum atomic E-state index is 0.193. The van der Waals surface area contributed by atoms with E-state index >= 15 is 0 Å². The first-order valence-electron chi connectivity index (χ1n) is 7.18. The van der Waals surface area contributed by atoms with Crippen LogP contribution in [0.4, 0.5) is 0 Å². The van der Waals surface area contributed by atoms with Crippen LogP contribution >= 0.6 is 0 Å². The van der Waals surface area contributed by atoms with Crippen molar-refractivity contribution in [2.75, 3.05) is 39.3 Å². The lowest BCUT2D eigenvalue weighted by Crippen LogP contribution is -2.57. The Morgan fingerprint density at radius 1 is 0.500 bits per heavy atom. The van der Waals surface area contributed by atoms with Gasteiger partial charge < -0.3 is 0 Å². The standard InChI is InChI=1S/C12H32N6/c1-5-13-11(14-6-2)17-9-10-18-12(15-7-3)16-8-4/h11-18H,5-10H2,1-4H3. The molecule has 0 rings (SSSR count). The van der Waals surface area contributed by atoms with Gasteiger partial charge in [-0.2, -0.15) is 0 Å². The second kappa shape index (κ2) is 13.2. The van der Waals surface area contributed by atoms with Crippen molar-refractivity contribution in [2.45, 2.75) is 40.3 Å². The van der Waals surface area contributed by atoms with E-state index in [4.69, 9.17) is 0 Å². The summed E-state index contributed by atoms with van der Waals surface area (Å²) in [5, 5.41) is 20.2. The van der Waals surface area contributed by atoms with Gasteiger partial charge >= 0.3 is 0 Å². The average Bonchev–Trinajstić information content (AvgIpc) is 2.35. The van der Waals surface area contributed by atoms with Crippen LogP contribution in [0.2, 0.25) is 0 Å². The summed E-state index contributed by atoms with van der Waals surface area (Å²) < 4.78 is 0. The molecule has 0 amide bonds. The summed E-state index contributed by atoms with van der Waals surface area (Å²) in [5.74, 6) is 0.